The Hall–Kier alpha value is -0.640. The molecule has 0 bridgehead atoms. The molecule has 0 aromatic carbocycles. The average Bonchev–Trinajstić information content (AvgIpc) is 2.26. The molecule has 0 aliphatic heterocycles. The molecular weight excluding hydrogens is 210 g/mol. The first-order chi connectivity index (χ1) is 7.33. The zero-order chi connectivity index (χ0) is 10.9. The van der Waals surface area contributed by atoms with Gasteiger partial charge in [0.05, 0.1) is 10.7 Å². The summed E-state index contributed by atoms with van der Waals surface area (Å²) in [5, 5.41) is 7.32. The SMILES string of the molecule is CCCNCCNCc1ccc(Cl)cn1. The van der Waals surface area contributed by atoms with Crippen molar-refractivity contribution in [2.45, 2.75) is 19.9 Å². The summed E-state index contributed by atoms with van der Waals surface area (Å²) in [7, 11) is 0. The van der Waals surface area contributed by atoms with Gasteiger partial charge >= 0.3 is 0 Å². The summed E-state index contributed by atoms with van der Waals surface area (Å²) in [6, 6.07) is 3.80. The molecule has 1 aromatic heterocycles. The Bertz CT molecular complexity index is 261. The summed E-state index contributed by atoms with van der Waals surface area (Å²) in [5.74, 6) is 0. The van der Waals surface area contributed by atoms with Crippen LogP contribution in [-0.2, 0) is 6.54 Å². The van der Waals surface area contributed by atoms with Crippen molar-refractivity contribution in [3.05, 3.63) is 29.0 Å². The van der Waals surface area contributed by atoms with Crippen LogP contribution in [-0.4, -0.2) is 24.6 Å². The minimum absolute atomic E-state index is 0.684. The largest absolute Gasteiger partial charge is 0.315 e. The third kappa shape index (κ3) is 5.72. The van der Waals surface area contributed by atoms with Crippen molar-refractivity contribution in [1.82, 2.24) is 15.6 Å². The van der Waals surface area contributed by atoms with Gasteiger partial charge in [-0.25, -0.2) is 0 Å². The molecule has 0 atom stereocenters. The Labute approximate surface area is 96.2 Å². The van der Waals surface area contributed by atoms with Crippen molar-refractivity contribution in [3.8, 4) is 0 Å². The van der Waals surface area contributed by atoms with Gasteiger partial charge in [-0.15, -0.1) is 0 Å². The van der Waals surface area contributed by atoms with E-state index in [0.717, 1.165) is 31.9 Å². The van der Waals surface area contributed by atoms with Crippen LogP contribution in [0.1, 0.15) is 19.0 Å². The topological polar surface area (TPSA) is 37.0 Å². The highest BCUT2D eigenvalue weighted by Crippen LogP contribution is 2.05. The maximum Gasteiger partial charge on any atom is 0.0589 e. The van der Waals surface area contributed by atoms with Gasteiger partial charge in [0.15, 0.2) is 0 Å². The van der Waals surface area contributed by atoms with Crippen molar-refractivity contribution >= 4 is 11.6 Å². The van der Waals surface area contributed by atoms with Crippen LogP contribution in [0.25, 0.3) is 0 Å². The Morgan fingerprint density at radius 1 is 1.20 bits per heavy atom. The molecule has 2 N–H and O–H groups in total. The zero-order valence-electron chi connectivity index (χ0n) is 9.09. The molecule has 0 spiro atoms. The first-order valence-electron chi connectivity index (χ1n) is 5.35. The van der Waals surface area contributed by atoms with Crippen LogP contribution < -0.4 is 10.6 Å². The Morgan fingerprint density at radius 3 is 2.67 bits per heavy atom. The van der Waals surface area contributed by atoms with Gasteiger partial charge in [0.1, 0.15) is 0 Å². The van der Waals surface area contributed by atoms with Crippen molar-refractivity contribution in [2.75, 3.05) is 19.6 Å². The number of nitrogens with zero attached hydrogens (tertiary/aromatic N) is 1. The molecule has 0 aliphatic rings. The van der Waals surface area contributed by atoms with Gasteiger partial charge in [-0.1, -0.05) is 18.5 Å². The van der Waals surface area contributed by atoms with E-state index < -0.39 is 0 Å². The number of nitrogens with one attached hydrogen (secondary N) is 2. The Morgan fingerprint density at radius 2 is 2.00 bits per heavy atom. The molecule has 0 amide bonds. The Balaban J connectivity index is 2.07. The van der Waals surface area contributed by atoms with E-state index in [1.54, 1.807) is 6.20 Å². The van der Waals surface area contributed by atoms with Crippen LogP contribution in [0.3, 0.4) is 0 Å². The normalized spacial score (nSPS) is 10.5. The highest BCUT2D eigenvalue weighted by Gasteiger charge is 1.93. The molecule has 1 heterocycles. The van der Waals surface area contributed by atoms with Gasteiger partial charge < -0.3 is 10.6 Å². The fraction of sp³-hybridized carbons (Fsp3) is 0.545. The van der Waals surface area contributed by atoms with E-state index in [2.05, 4.69) is 22.5 Å². The lowest BCUT2D eigenvalue weighted by atomic mass is 10.3. The average molecular weight is 228 g/mol. The molecule has 3 nitrogen and oxygen atoms in total. The third-order valence-electron chi connectivity index (χ3n) is 2.00. The zero-order valence-corrected chi connectivity index (χ0v) is 9.85. The highest BCUT2D eigenvalue weighted by atomic mass is 35.5. The predicted molar refractivity (Wildman–Crippen MR) is 64.1 cm³/mol. The van der Waals surface area contributed by atoms with Crippen molar-refractivity contribution in [3.63, 3.8) is 0 Å². The van der Waals surface area contributed by atoms with Crippen molar-refractivity contribution < 1.29 is 0 Å². The number of rotatable bonds is 7. The molecule has 4 heteroatoms. The van der Waals surface area contributed by atoms with Gasteiger partial charge in [-0.05, 0) is 25.1 Å². The molecule has 1 rings (SSSR count). The molecule has 0 unspecified atom stereocenters. The van der Waals surface area contributed by atoms with Crippen LogP contribution in [0.4, 0.5) is 0 Å². The van der Waals surface area contributed by atoms with Crippen LogP contribution in [0.15, 0.2) is 18.3 Å². The molecule has 1 aromatic rings. The number of hydrogen-bond acceptors (Lipinski definition) is 3. The highest BCUT2D eigenvalue weighted by molar-refractivity contribution is 6.30. The number of aromatic nitrogens is 1. The first kappa shape index (κ1) is 12.4. The monoisotopic (exact) mass is 227 g/mol. The first-order valence-corrected chi connectivity index (χ1v) is 5.72. The number of pyridine rings is 1. The molecule has 0 radical (unpaired) electrons. The van der Waals surface area contributed by atoms with Gasteiger partial charge in [-0.3, -0.25) is 4.98 Å². The third-order valence-corrected chi connectivity index (χ3v) is 2.22. The van der Waals surface area contributed by atoms with Crippen molar-refractivity contribution in [2.24, 2.45) is 0 Å². The standard InChI is InChI=1S/C11H18ClN3/c1-2-5-13-6-7-14-9-11-4-3-10(12)8-15-11/h3-4,8,13-14H,2,5-7,9H2,1H3. The van der Waals surface area contributed by atoms with E-state index in [1.165, 1.54) is 6.42 Å². The summed E-state index contributed by atoms with van der Waals surface area (Å²) in [6.45, 7) is 6.01. The molecular formula is C11H18ClN3. The minimum Gasteiger partial charge on any atom is -0.315 e. The van der Waals surface area contributed by atoms with Crippen LogP contribution in [0, 0.1) is 0 Å². The summed E-state index contributed by atoms with van der Waals surface area (Å²) in [5.41, 5.74) is 1.02. The number of hydrogen-bond donors (Lipinski definition) is 2. The second kappa shape index (κ2) is 7.63. The van der Waals surface area contributed by atoms with E-state index in [1.807, 2.05) is 12.1 Å². The number of halogens is 1. The maximum atomic E-state index is 5.74. The lowest BCUT2D eigenvalue weighted by molar-refractivity contribution is 0.602. The summed E-state index contributed by atoms with van der Waals surface area (Å²) in [4.78, 5) is 4.20. The molecule has 0 aliphatic carbocycles. The lowest BCUT2D eigenvalue weighted by Crippen LogP contribution is -2.27. The van der Waals surface area contributed by atoms with E-state index in [9.17, 15) is 0 Å². The van der Waals surface area contributed by atoms with Crippen LogP contribution >= 0.6 is 11.6 Å². The smallest absolute Gasteiger partial charge is 0.0589 e. The second-order valence-electron chi connectivity index (χ2n) is 3.39. The van der Waals surface area contributed by atoms with Crippen LogP contribution in [0.2, 0.25) is 5.02 Å². The van der Waals surface area contributed by atoms with Crippen LogP contribution in [0.5, 0.6) is 0 Å². The molecule has 0 fully saturated rings. The van der Waals surface area contributed by atoms with Gasteiger partial charge in [0.2, 0.25) is 0 Å². The van der Waals surface area contributed by atoms with E-state index in [0.29, 0.717) is 5.02 Å². The van der Waals surface area contributed by atoms with Gasteiger partial charge in [-0.2, -0.15) is 0 Å². The van der Waals surface area contributed by atoms with Gasteiger partial charge in [0.25, 0.3) is 0 Å². The van der Waals surface area contributed by atoms with E-state index in [4.69, 9.17) is 11.6 Å². The molecule has 0 saturated carbocycles. The molecule has 15 heavy (non-hydrogen) atoms. The van der Waals surface area contributed by atoms with E-state index in [-0.39, 0.29) is 0 Å². The molecule has 0 saturated heterocycles. The quantitative estimate of drug-likeness (QED) is 0.698. The fourth-order valence-electron chi connectivity index (χ4n) is 1.21. The lowest BCUT2D eigenvalue weighted by Gasteiger charge is -2.05. The second-order valence-corrected chi connectivity index (χ2v) is 3.83. The minimum atomic E-state index is 0.684. The summed E-state index contributed by atoms with van der Waals surface area (Å²) in [6.07, 6.45) is 2.85. The predicted octanol–water partition coefficient (Wildman–Crippen LogP) is 1.82. The van der Waals surface area contributed by atoms with Gasteiger partial charge in [0, 0.05) is 25.8 Å². The fourth-order valence-corrected chi connectivity index (χ4v) is 1.32. The molecule has 84 valence electrons. The maximum absolute atomic E-state index is 5.74. The Kier molecular flexibility index (Phi) is 6.32. The van der Waals surface area contributed by atoms with Crippen molar-refractivity contribution in [1.29, 1.82) is 0 Å². The van der Waals surface area contributed by atoms with E-state index >= 15 is 0 Å². The summed E-state index contributed by atoms with van der Waals surface area (Å²) < 4.78 is 0. The summed E-state index contributed by atoms with van der Waals surface area (Å²) >= 11 is 5.74.